The van der Waals surface area contributed by atoms with Crippen molar-refractivity contribution in [3.8, 4) is 5.75 Å². The van der Waals surface area contributed by atoms with Crippen molar-refractivity contribution in [2.24, 2.45) is 0 Å². The summed E-state index contributed by atoms with van der Waals surface area (Å²) in [6.07, 6.45) is 2.30. The van der Waals surface area contributed by atoms with Gasteiger partial charge >= 0.3 is 0 Å². The molecule has 0 N–H and O–H groups in total. The lowest BCUT2D eigenvalue weighted by Gasteiger charge is -2.40. The number of benzene rings is 2. The maximum atomic E-state index is 13.3. The van der Waals surface area contributed by atoms with Crippen LogP contribution >= 0.6 is 0 Å². The normalized spacial score (nSPS) is 23.0. The zero-order chi connectivity index (χ0) is 19.3. The fourth-order valence-electron chi connectivity index (χ4n) is 3.97. The molecule has 2 fully saturated rings. The summed E-state index contributed by atoms with van der Waals surface area (Å²) in [6.45, 7) is 3.79. The molecule has 4 rings (SSSR count). The van der Waals surface area contributed by atoms with E-state index < -0.39 is 0 Å². The van der Waals surface area contributed by atoms with Crippen molar-refractivity contribution in [2.45, 2.75) is 25.0 Å². The molecule has 0 bridgehead atoms. The fraction of sp³-hybridized carbons (Fsp3) is 0.435. The van der Waals surface area contributed by atoms with E-state index in [4.69, 9.17) is 9.47 Å². The highest BCUT2D eigenvalue weighted by Gasteiger charge is 2.31. The van der Waals surface area contributed by atoms with E-state index in [2.05, 4.69) is 24.1 Å². The molecule has 2 atom stereocenters. The van der Waals surface area contributed by atoms with E-state index in [1.54, 1.807) is 0 Å². The van der Waals surface area contributed by atoms with E-state index in [1.807, 2.05) is 47.4 Å². The second-order valence-electron chi connectivity index (χ2n) is 7.66. The minimum absolute atomic E-state index is 0.0592. The molecule has 2 aromatic carbocycles. The zero-order valence-electron chi connectivity index (χ0n) is 16.4. The van der Waals surface area contributed by atoms with Crippen LogP contribution in [0, 0.1) is 0 Å². The van der Waals surface area contributed by atoms with Gasteiger partial charge in [-0.3, -0.25) is 4.79 Å². The molecule has 2 aromatic rings. The summed E-state index contributed by atoms with van der Waals surface area (Å²) in [6, 6.07) is 17.9. The first-order valence-electron chi connectivity index (χ1n) is 10.1. The molecule has 2 aliphatic heterocycles. The SMILES string of the molecule is CN1CCN(C(=O)c2cccc(OCC3CCCO3)c2)C(c2ccccc2)C1. The third kappa shape index (κ3) is 4.37. The summed E-state index contributed by atoms with van der Waals surface area (Å²) in [4.78, 5) is 17.6. The van der Waals surface area contributed by atoms with Crippen molar-refractivity contribution >= 4 is 5.91 Å². The van der Waals surface area contributed by atoms with Gasteiger partial charge in [0.2, 0.25) is 0 Å². The molecule has 1 amide bonds. The van der Waals surface area contributed by atoms with Crippen LogP contribution in [0.1, 0.15) is 34.8 Å². The lowest BCUT2D eigenvalue weighted by atomic mass is 10.0. The summed E-state index contributed by atoms with van der Waals surface area (Å²) >= 11 is 0. The molecule has 2 unspecified atom stereocenters. The number of hydrogen-bond acceptors (Lipinski definition) is 4. The summed E-state index contributed by atoms with van der Waals surface area (Å²) in [5, 5.41) is 0. The standard InChI is InChI=1S/C23H28N2O3/c1-24-12-13-25(22(16-24)18-7-3-2-4-8-18)23(26)19-9-5-10-20(15-19)28-17-21-11-6-14-27-21/h2-5,7-10,15,21-22H,6,11-14,16-17H2,1H3. The van der Waals surface area contributed by atoms with Crippen LogP contribution in [0.3, 0.4) is 0 Å². The average molecular weight is 380 g/mol. The largest absolute Gasteiger partial charge is 0.491 e. The van der Waals surface area contributed by atoms with Gasteiger partial charge < -0.3 is 19.3 Å². The number of hydrogen-bond donors (Lipinski definition) is 0. The summed E-state index contributed by atoms with van der Waals surface area (Å²) in [5.41, 5.74) is 1.85. The average Bonchev–Trinajstić information content (AvgIpc) is 3.26. The highest BCUT2D eigenvalue weighted by atomic mass is 16.5. The van der Waals surface area contributed by atoms with Crippen molar-refractivity contribution in [2.75, 3.05) is 39.9 Å². The van der Waals surface area contributed by atoms with Gasteiger partial charge in [-0.1, -0.05) is 36.4 Å². The smallest absolute Gasteiger partial charge is 0.254 e. The Morgan fingerprint density at radius 3 is 2.79 bits per heavy atom. The number of nitrogens with zero attached hydrogens (tertiary/aromatic N) is 2. The molecule has 2 aliphatic rings. The van der Waals surface area contributed by atoms with Gasteiger partial charge in [-0.2, -0.15) is 0 Å². The Hall–Kier alpha value is -2.37. The van der Waals surface area contributed by atoms with Gasteiger partial charge in [0.15, 0.2) is 0 Å². The Bertz CT molecular complexity index is 789. The van der Waals surface area contributed by atoms with Crippen LogP contribution in [-0.4, -0.2) is 61.7 Å². The molecule has 0 aliphatic carbocycles. The topological polar surface area (TPSA) is 42.0 Å². The predicted molar refractivity (Wildman–Crippen MR) is 109 cm³/mol. The van der Waals surface area contributed by atoms with E-state index in [0.29, 0.717) is 12.2 Å². The number of likely N-dealkylation sites (N-methyl/N-ethyl adjacent to an activating group) is 1. The predicted octanol–water partition coefficient (Wildman–Crippen LogP) is 3.37. The third-order valence-electron chi connectivity index (χ3n) is 5.57. The molecule has 2 heterocycles. The molecule has 2 saturated heterocycles. The maximum Gasteiger partial charge on any atom is 0.254 e. The highest BCUT2D eigenvalue weighted by Crippen LogP contribution is 2.27. The van der Waals surface area contributed by atoms with Crippen LogP contribution in [0.2, 0.25) is 0 Å². The fourth-order valence-corrected chi connectivity index (χ4v) is 3.97. The van der Waals surface area contributed by atoms with Crippen LogP contribution in [0.5, 0.6) is 5.75 Å². The summed E-state index contributed by atoms with van der Waals surface area (Å²) in [5.74, 6) is 0.788. The van der Waals surface area contributed by atoms with Crippen LogP contribution < -0.4 is 4.74 Å². The van der Waals surface area contributed by atoms with Crippen LogP contribution in [0.25, 0.3) is 0 Å². The van der Waals surface area contributed by atoms with Gasteiger partial charge in [-0.25, -0.2) is 0 Å². The number of carbonyl (C=O) groups excluding carboxylic acids is 1. The number of amides is 1. The van der Waals surface area contributed by atoms with Gasteiger partial charge in [0.05, 0.1) is 12.1 Å². The quantitative estimate of drug-likeness (QED) is 0.798. The molecular formula is C23H28N2O3. The molecule has 148 valence electrons. The summed E-state index contributed by atoms with van der Waals surface area (Å²) in [7, 11) is 2.11. The molecule has 0 aromatic heterocycles. The van der Waals surface area contributed by atoms with Crippen molar-refractivity contribution in [3.05, 3.63) is 65.7 Å². The first-order valence-corrected chi connectivity index (χ1v) is 10.1. The molecule has 28 heavy (non-hydrogen) atoms. The second kappa shape index (κ2) is 8.76. The first-order chi connectivity index (χ1) is 13.7. The van der Waals surface area contributed by atoms with Crippen LogP contribution in [0.4, 0.5) is 0 Å². The lowest BCUT2D eigenvalue weighted by Crippen LogP contribution is -2.49. The number of rotatable bonds is 5. The number of ether oxygens (including phenoxy) is 2. The first kappa shape index (κ1) is 19.0. The molecule has 5 nitrogen and oxygen atoms in total. The van der Waals surface area contributed by atoms with E-state index in [9.17, 15) is 4.79 Å². The van der Waals surface area contributed by atoms with Gasteiger partial charge in [-0.05, 0) is 43.7 Å². The highest BCUT2D eigenvalue weighted by molar-refractivity contribution is 5.95. The lowest BCUT2D eigenvalue weighted by molar-refractivity contribution is 0.0497. The van der Waals surface area contributed by atoms with Crippen molar-refractivity contribution in [1.82, 2.24) is 9.80 Å². The Morgan fingerprint density at radius 1 is 1.14 bits per heavy atom. The molecular weight excluding hydrogens is 352 g/mol. The Kier molecular flexibility index (Phi) is 5.93. The number of carbonyl (C=O) groups is 1. The zero-order valence-corrected chi connectivity index (χ0v) is 16.4. The molecule has 0 saturated carbocycles. The van der Waals surface area contributed by atoms with Gasteiger partial charge in [-0.15, -0.1) is 0 Å². The Balaban J connectivity index is 1.49. The monoisotopic (exact) mass is 380 g/mol. The minimum Gasteiger partial charge on any atom is -0.491 e. The van der Waals surface area contributed by atoms with E-state index in [1.165, 1.54) is 5.56 Å². The van der Waals surface area contributed by atoms with Crippen molar-refractivity contribution in [3.63, 3.8) is 0 Å². The van der Waals surface area contributed by atoms with Gasteiger partial charge in [0, 0.05) is 31.8 Å². The van der Waals surface area contributed by atoms with Gasteiger partial charge in [0.1, 0.15) is 12.4 Å². The van der Waals surface area contributed by atoms with Crippen LogP contribution in [0.15, 0.2) is 54.6 Å². The summed E-state index contributed by atoms with van der Waals surface area (Å²) < 4.78 is 11.5. The van der Waals surface area contributed by atoms with E-state index in [0.717, 1.165) is 44.8 Å². The second-order valence-corrected chi connectivity index (χ2v) is 7.66. The Labute approximate surface area is 166 Å². The molecule has 5 heteroatoms. The number of piperazine rings is 1. The van der Waals surface area contributed by atoms with E-state index in [-0.39, 0.29) is 18.1 Å². The Morgan fingerprint density at radius 2 is 2.00 bits per heavy atom. The molecule has 0 radical (unpaired) electrons. The van der Waals surface area contributed by atoms with Crippen LogP contribution in [-0.2, 0) is 4.74 Å². The van der Waals surface area contributed by atoms with E-state index >= 15 is 0 Å². The van der Waals surface area contributed by atoms with Gasteiger partial charge in [0.25, 0.3) is 5.91 Å². The third-order valence-corrected chi connectivity index (χ3v) is 5.57. The van der Waals surface area contributed by atoms with Crippen molar-refractivity contribution in [1.29, 1.82) is 0 Å². The van der Waals surface area contributed by atoms with Crippen molar-refractivity contribution < 1.29 is 14.3 Å². The maximum absolute atomic E-state index is 13.3. The minimum atomic E-state index is 0.0592. The molecule has 0 spiro atoms.